The summed E-state index contributed by atoms with van der Waals surface area (Å²) in [5.41, 5.74) is 2.03. The van der Waals surface area contributed by atoms with Crippen LogP contribution in [0.25, 0.3) is 5.69 Å². The van der Waals surface area contributed by atoms with E-state index in [4.69, 9.17) is 17.3 Å². The van der Waals surface area contributed by atoms with Gasteiger partial charge in [0.25, 0.3) is 0 Å². The Morgan fingerprint density at radius 2 is 1.92 bits per heavy atom. The van der Waals surface area contributed by atoms with Crippen molar-refractivity contribution in [2.24, 2.45) is 0 Å². The first-order valence-corrected chi connectivity index (χ1v) is 9.33. The van der Waals surface area contributed by atoms with Crippen LogP contribution >= 0.6 is 12.2 Å². The van der Waals surface area contributed by atoms with Crippen molar-refractivity contribution in [3.05, 3.63) is 76.6 Å². The van der Waals surface area contributed by atoms with Crippen molar-refractivity contribution >= 4 is 12.2 Å². The highest BCUT2D eigenvalue weighted by Gasteiger charge is 2.31. The molecular formula is C20H22FN4S+. The SMILES string of the molecule is C[NH+](Cc1cccc(F)c1)Cn1nc(C2CC2)n(-c2ccccc2)c1=S. The van der Waals surface area contributed by atoms with Crippen molar-refractivity contribution in [2.45, 2.75) is 32.0 Å². The summed E-state index contributed by atoms with van der Waals surface area (Å²) in [7, 11) is 2.07. The molecule has 2 aromatic carbocycles. The van der Waals surface area contributed by atoms with E-state index in [2.05, 4.69) is 23.7 Å². The van der Waals surface area contributed by atoms with Gasteiger partial charge >= 0.3 is 0 Å². The molecule has 1 saturated carbocycles. The van der Waals surface area contributed by atoms with Crippen LogP contribution in [0.2, 0.25) is 0 Å². The van der Waals surface area contributed by atoms with E-state index < -0.39 is 0 Å². The van der Waals surface area contributed by atoms with Gasteiger partial charge in [-0.25, -0.2) is 4.39 Å². The van der Waals surface area contributed by atoms with Crippen LogP contribution in [-0.4, -0.2) is 21.4 Å². The standard InChI is InChI=1S/C20H21FN4S/c1-23(13-15-6-5-7-17(21)12-15)14-24-20(26)25(18-8-3-2-4-9-18)19(22-24)16-10-11-16/h2-9,12,16H,10-11,13-14H2,1H3/p+1. The van der Waals surface area contributed by atoms with E-state index in [1.807, 2.05) is 28.9 Å². The van der Waals surface area contributed by atoms with E-state index in [1.165, 1.54) is 23.8 Å². The fourth-order valence-electron chi connectivity index (χ4n) is 3.26. The molecule has 1 aliphatic carbocycles. The van der Waals surface area contributed by atoms with Crippen LogP contribution in [0.15, 0.2) is 54.6 Å². The second kappa shape index (κ2) is 7.13. The molecule has 0 spiro atoms. The van der Waals surface area contributed by atoms with Gasteiger partial charge < -0.3 is 4.90 Å². The topological polar surface area (TPSA) is 27.2 Å². The molecule has 0 saturated heterocycles. The fraction of sp³-hybridized carbons (Fsp3) is 0.300. The number of rotatable bonds is 6. The van der Waals surface area contributed by atoms with E-state index in [9.17, 15) is 4.39 Å². The first kappa shape index (κ1) is 17.1. The molecule has 4 nitrogen and oxygen atoms in total. The zero-order valence-electron chi connectivity index (χ0n) is 14.7. The minimum atomic E-state index is -0.198. The minimum absolute atomic E-state index is 0.198. The smallest absolute Gasteiger partial charge is 0.207 e. The number of para-hydroxylation sites is 1. The maximum atomic E-state index is 13.4. The van der Waals surface area contributed by atoms with Crippen molar-refractivity contribution in [3.8, 4) is 5.69 Å². The first-order valence-electron chi connectivity index (χ1n) is 8.93. The van der Waals surface area contributed by atoms with Gasteiger partial charge in [-0.3, -0.25) is 4.57 Å². The Labute approximate surface area is 157 Å². The molecule has 26 heavy (non-hydrogen) atoms. The van der Waals surface area contributed by atoms with Gasteiger partial charge in [0.05, 0.1) is 7.05 Å². The highest BCUT2D eigenvalue weighted by molar-refractivity contribution is 7.71. The van der Waals surface area contributed by atoms with Crippen LogP contribution in [0.1, 0.15) is 30.1 Å². The Balaban J connectivity index is 1.60. The molecule has 3 aromatic rings. The summed E-state index contributed by atoms with van der Waals surface area (Å²) in [6.07, 6.45) is 2.34. The Bertz CT molecular complexity index is 959. The zero-order valence-corrected chi connectivity index (χ0v) is 15.5. The lowest BCUT2D eigenvalue weighted by Gasteiger charge is -2.13. The van der Waals surface area contributed by atoms with Gasteiger partial charge in [-0.1, -0.05) is 30.3 Å². The maximum absolute atomic E-state index is 13.4. The third kappa shape index (κ3) is 3.61. The number of nitrogens with one attached hydrogen (secondary N) is 1. The molecule has 0 aliphatic heterocycles. The summed E-state index contributed by atoms with van der Waals surface area (Å²) in [6.45, 7) is 1.37. The number of hydrogen-bond acceptors (Lipinski definition) is 2. The van der Waals surface area contributed by atoms with Gasteiger partial charge in [0.2, 0.25) is 4.77 Å². The van der Waals surface area contributed by atoms with Crippen molar-refractivity contribution in [1.29, 1.82) is 0 Å². The van der Waals surface area contributed by atoms with Crippen LogP contribution in [0, 0.1) is 10.6 Å². The summed E-state index contributed by atoms with van der Waals surface area (Å²) >= 11 is 5.74. The Morgan fingerprint density at radius 3 is 2.62 bits per heavy atom. The van der Waals surface area contributed by atoms with E-state index in [1.54, 1.807) is 12.1 Å². The molecule has 1 unspecified atom stereocenters. The van der Waals surface area contributed by atoms with Crippen molar-refractivity contribution in [3.63, 3.8) is 0 Å². The third-order valence-electron chi connectivity index (χ3n) is 4.64. The van der Waals surface area contributed by atoms with Crippen molar-refractivity contribution in [2.75, 3.05) is 7.05 Å². The molecule has 0 radical (unpaired) electrons. The van der Waals surface area contributed by atoms with Gasteiger partial charge in [0, 0.05) is 17.2 Å². The molecule has 0 amide bonds. The summed E-state index contributed by atoms with van der Waals surface area (Å²) in [4.78, 5) is 1.20. The number of aromatic nitrogens is 3. The second-order valence-corrected chi connectivity index (χ2v) is 7.37. The van der Waals surface area contributed by atoms with E-state index in [0.29, 0.717) is 12.6 Å². The lowest BCUT2D eigenvalue weighted by Crippen LogP contribution is -3.07. The Kier molecular flexibility index (Phi) is 4.70. The predicted molar refractivity (Wildman–Crippen MR) is 101 cm³/mol. The van der Waals surface area contributed by atoms with Crippen LogP contribution in [-0.2, 0) is 13.2 Å². The fourth-order valence-corrected chi connectivity index (χ4v) is 3.56. The number of nitrogens with zero attached hydrogens (tertiary/aromatic N) is 3. The Morgan fingerprint density at radius 1 is 1.15 bits per heavy atom. The van der Waals surface area contributed by atoms with Crippen LogP contribution in [0.4, 0.5) is 4.39 Å². The van der Waals surface area contributed by atoms with Crippen LogP contribution in [0.5, 0.6) is 0 Å². The molecule has 1 N–H and O–H groups in total. The molecule has 1 fully saturated rings. The van der Waals surface area contributed by atoms with Crippen molar-refractivity contribution < 1.29 is 9.29 Å². The largest absolute Gasteiger partial charge is 0.315 e. The molecular weight excluding hydrogens is 347 g/mol. The van der Waals surface area contributed by atoms with Gasteiger partial charge in [-0.15, -0.1) is 0 Å². The molecule has 0 bridgehead atoms. The van der Waals surface area contributed by atoms with Gasteiger partial charge in [-0.05, 0) is 49.3 Å². The molecule has 1 atom stereocenters. The first-order chi connectivity index (χ1) is 12.6. The van der Waals surface area contributed by atoms with E-state index in [0.717, 1.165) is 28.4 Å². The maximum Gasteiger partial charge on any atom is 0.207 e. The van der Waals surface area contributed by atoms with Gasteiger partial charge in [0.1, 0.15) is 18.2 Å². The van der Waals surface area contributed by atoms with Crippen molar-refractivity contribution in [1.82, 2.24) is 14.3 Å². The monoisotopic (exact) mass is 369 g/mol. The summed E-state index contributed by atoms with van der Waals surface area (Å²) in [6, 6.07) is 16.9. The molecule has 6 heteroatoms. The average Bonchev–Trinajstić information content (AvgIpc) is 3.41. The number of benzene rings is 2. The summed E-state index contributed by atoms with van der Waals surface area (Å²) in [5.74, 6) is 1.36. The molecule has 134 valence electrons. The second-order valence-electron chi connectivity index (χ2n) is 7.01. The Hall–Kier alpha value is -2.31. The highest BCUT2D eigenvalue weighted by Crippen LogP contribution is 2.40. The van der Waals surface area contributed by atoms with Gasteiger partial charge in [0.15, 0.2) is 6.67 Å². The lowest BCUT2D eigenvalue weighted by atomic mass is 10.2. The molecule has 4 rings (SSSR count). The highest BCUT2D eigenvalue weighted by atomic mass is 32.1. The summed E-state index contributed by atoms with van der Waals surface area (Å²) in [5, 5.41) is 4.83. The molecule has 1 heterocycles. The van der Waals surface area contributed by atoms with E-state index in [-0.39, 0.29) is 5.82 Å². The minimum Gasteiger partial charge on any atom is -0.315 e. The van der Waals surface area contributed by atoms with E-state index >= 15 is 0 Å². The predicted octanol–water partition coefficient (Wildman–Crippen LogP) is 3.09. The normalized spacial score (nSPS) is 15.2. The lowest BCUT2D eigenvalue weighted by molar-refractivity contribution is -0.917. The molecule has 1 aromatic heterocycles. The quantitative estimate of drug-likeness (QED) is 0.676. The molecule has 1 aliphatic rings. The zero-order chi connectivity index (χ0) is 18.1. The third-order valence-corrected chi connectivity index (χ3v) is 5.03. The number of hydrogen-bond donors (Lipinski definition) is 1. The number of quaternary nitrogens is 1. The van der Waals surface area contributed by atoms with Gasteiger partial charge in [-0.2, -0.15) is 9.78 Å². The number of halogens is 1. The average molecular weight is 369 g/mol. The van der Waals surface area contributed by atoms with Crippen LogP contribution < -0.4 is 4.90 Å². The van der Waals surface area contributed by atoms with Crippen LogP contribution in [0.3, 0.4) is 0 Å². The summed E-state index contributed by atoms with van der Waals surface area (Å²) < 4.78 is 18.1.